The zero-order chi connectivity index (χ0) is 13.0. The Balaban J connectivity index is 1.85. The van der Waals surface area contributed by atoms with E-state index in [1.165, 1.54) is 0 Å². The van der Waals surface area contributed by atoms with Crippen LogP contribution in [0.15, 0.2) is 24.3 Å². The second kappa shape index (κ2) is 5.98. The van der Waals surface area contributed by atoms with Crippen molar-refractivity contribution in [1.29, 1.82) is 0 Å². The molecule has 1 aliphatic heterocycles. The maximum Gasteiger partial charge on any atom is 0.237 e. The molecule has 1 aromatic carbocycles. The third-order valence-electron chi connectivity index (χ3n) is 3.55. The van der Waals surface area contributed by atoms with Gasteiger partial charge in [-0.05, 0) is 37.6 Å². The van der Waals surface area contributed by atoms with E-state index in [1.807, 2.05) is 31.3 Å². The molecule has 0 unspecified atom stereocenters. The molecule has 4 nitrogen and oxygen atoms in total. The second-order valence-corrected chi connectivity index (χ2v) is 4.88. The van der Waals surface area contributed by atoms with Crippen molar-refractivity contribution >= 4 is 5.91 Å². The zero-order valence-electron chi connectivity index (χ0n) is 10.9. The lowest BCUT2D eigenvalue weighted by atomic mass is 10.1. The van der Waals surface area contributed by atoms with Gasteiger partial charge in [-0.1, -0.05) is 24.3 Å². The van der Waals surface area contributed by atoms with Gasteiger partial charge in [0.05, 0.1) is 6.04 Å². The molecule has 18 heavy (non-hydrogen) atoms. The number of nitrogens with one attached hydrogen (secondary N) is 1. The van der Waals surface area contributed by atoms with E-state index in [0.717, 1.165) is 30.5 Å². The predicted octanol–water partition coefficient (Wildman–Crippen LogP) is 0.856. The topological polar surface area (TPSA) is 58.4 Å². The Bertz CT molecular complexity index is 402. The van der Waals surface area contributed by atoms with Crippen LogP contribution in [0.25, 0.3) is 0 Å². The second-order valence-electron chi connectivity index (χ2n) is 4.88. The van der Waals surface area contributed by atoms with Crippen molar-refractivity contribution in [1.82, 2.24) is 10.2 Å². The number of rotatable bonds is 4. The molecule has 98 valence electrons. The third-order valence-corrected chi connectivity index (χ3v) is 3.55. The van der Waals surface area contributed by atoms with Gasteiger partial charge in [0.1, 0.15) is 0 Å². The number of amides is 1. The van der Waals surface area contributed by atoms with Crippen LogP contribution in [0.3, 0.4) is 0 Å². The minimum atomic E-state index is 0.0494. The van der Waals surface area contributed by atoms with E-state index in [4.69, 9.17) is 5.73 Å². The lowest BCUT2D eigenvalue weighted by Gasteiger charge is -2.18. The molecule has 1 saturated heterocycles. The molecular formula is C14H21N3O. The summed E-state index contributed by atoms with van der Waals surface area (Å²) in [5, 5.41) is 3.00. The Morgan fingerprint density at radius 2 is 2.06 bits per heavy atom. The monoisotopic (exact) mass is 247 g/mol. The van der Waals surface area contributed by atoms with Gasteiger partial charge >= 0.3 is 0 Å². The van der Waals surface area contributed by atoms with E-state index < -0.39 is 0 Å². The van der Waals surface area contributed by atoms with Crippen LogP contribution < -0.4 is 11.1 Å². The summed E-state index contributed by atoms with van der Waals surface area (Å²) in [6.07, 6.45) is 2.08. The molecule has 1 heterocycles. The summed E-state index contributed by atoms with van der Waals surface area (Å²) in [7, 11) is 2.01. The first-order chi connectivity index (χ1) is 8.70. The molecule has 0 aromatic heterocycles. The smallest absolute Gasteiger partial charge is 0.237 e. The molecule has 0 bridgehead atoms. The average Bonchev–Trinajstić information content (AvgIpc) is 2.83. The summed E-state index contributed by atoms with van der Waals surface area (Å²) in [4.78, 5) is 14.1. The van der Waals surface area contributed by atoms with Gasteiger partial charge in [-0.15, -0.1) is 0 Å². The molecule has 0 radical (unpaired) electrons. The summed E-state index contributed by atoms with van der Waals surface area (Å²) < 4.78 is 0. The fraction of sp³-hybridized carbons (Fsp3) is 0.500. The molecule has 0 aliphatic carbocycles. The Morgan fingerprint density at radius 3 is 2.61 bits per heavy atom. The Hall–Kier alpha value is -1.39. The number of likely N-dealkylation sites (N-methyl/N-ethyl adjacent to an activating group) is 1. The van der Waals surface area contributed by atoms with Crippen LogP contribution in [0.4, 0.5) is 0 Å². The fourth-order valence-electron chi connectivity index (χ4n) is 2.34. The van der Waals surface area contributed by atoms with E-state index in [9.17, 15) is 4.79 Å². The van der Waals surface area contributed by atoms with Crippen molar-refractivity contribution < 1.29 is 4.79 Å². The van der Waals surface area contributed by atoms with Crippen LogP contribution in [-0.2, 0) is 17.9 Å². The molecule has 0 saturated carbocycles. The summed E-state index contributed by atoms with van der Waals surface area (Å²) in [6, 6.07) is 8.09. The molecule has 1 fully saturated rings. The number of hydrogen-bond donors (Lipinski definition) is 2. The number of hydrogen-bond acceptors (Lipinski definition) is 3. The highest BCUT2D eigenvalue weighted by molar-refractivity contribution is 5.81. The van der Waals surface area contributed by atoms with Gasteiger partial charge in [-0.25, -0.2) is 0 Å². The zero-order valence-corrected chi connectivity index (χ0v) is 10.9. The van der Waals surface area contributed by atoms with Crippen LogP contribution >= 0.6 is 0 Å². The van der Waals surface area contributed by atoms with Gasteiger partial charge in [0.15, 0.2) is 0 Å². The molecule has 3 N–H and O–H groups in total. The number of likely N-dealkylation sites (tertiary alicyclic amines) is 1. The summed E-state index contributed by atoms with van der Waals surface area (Å²) in [5.41, 5.74) is 7.77. The van der Waals surface area contributed by atoms with Crippen molar-refractivity contribution in [3.05, 3.63) is 35.4 Å². The van der Waals surface area contributed by atoms with Crippen LogP contribution in [0, 0.1) is 0 Å². The minimum Gasteiger partial charge on any atom is -0.351 e. The molecule has 1 atom stereocenters. The summed E-state index contributed by atoms with van der Waals surface area (Å²) in [5.74, 6) is 0.137. The van der Waals surface area contributed by atoms with Gasteiger partial charge in [0.25, 0.3) is 0 Å². The Labute approximate surface area is 108 Å². The first kappa shape index (κ1) is 13.1. The lowest BCUT2D eigenvalue weighted by molar-refractivity contribution is -0.125. The highest BCUT2D eigenvalue weighted by Gasteiger charge is 2.27. The minimum absolute atomic E-state index is 0.0494. The molecule has 0 spiro atoms. The van der Waals surface area contributed by atoms with Crippen LogP contribution in [0.1, 0.15) is 24.0 Å². The largest absolute Gasteiger partial charge is 0.351 e. The van der Waals surface area contributed by atoms with E-state index in [0.29, 0.717) is 13.1 Å². The number of carbonyl (C=O) groups excluding carboxylic acids is 1. The fourth-order valence-corrected chi connectivity index (χ4v) is 2.34. The van der Waals surface area contributed by atoms with E-state index >= 15 is 0 Å². The quantitative estimate of drug-likeness (QED) is 0.829. The maximum atomic E-state index is 12.0. The highest BCUT2D eigenvalue weighted by atomic mass is 16.2. The molecule has 2 rings (SSSR count). The SMILES string of the molecule is CN1CCC[C@H]1C(=O)NCc1ccc(CN)cc1. The molecule has 1 aliphatic rings. The van der Waals surface area contributed by atoms with Crippen LogP contribution in [-0.4, -0.2) is 30.4 Å². The van der Waals surface area contributed by atoms with Gasteiger partial charge in [0.2, 0.25) is 5.91 Å². The van der Waals surface area contributed by atoms with Crippen LogP contribution in [0.5, 0.6) is 0 Å². The first-order valence-corrected chi connectivity index (χ1v) is 6.46. The summed E-state index contributed by atoms with van der Waals surface area (Å²) in [6.45, 7) is 2.16. The molecule has 1 aromatic rings. The molecule has 4 heteroatoms. The van der Waals surface area contributed by atoms with E-state index in [2.05, 4.69) is 10.2 Å². The number of nitrogens with zero attached hydrogens (tertiary/aromatic N) is 1. The highest BCUT2D eigenvalue weighted by Crippen LogP contribution is 2.14. The number of benzene rings is 1. The first-order valence-electron chi connectivity index (χ1n) is 6.46. The van der Waals surface area contributed by atoms with Gasteiger partial charge in [0, 0.05) is 13.1 Å². The normalized spacial score (nSPS) is 20.0. The van der Waals surface area contributed by atoms with Crippen molar-refractivity contribution in [3.8, 4) is 0 Å². The summed E-state index contributed by atoms with van der Waals surface area (Å²) >= 11 is 0. The lowest BCUT2D eigenvalue weighted by Crippen LogP contribution is -2.41. The Morgan fingerprint density at radius 1 is 1.39 bits per heavy atom. The van der Waals surface area contributed by atoms with Crippen molar-refractivity contribution in [2.24, 2.45) is 5.73 Å². The van der Waals surface area contributed by atoms with E-state index in [-0.39, 0.29) is 11.9 Å². The van der Waals surface area contributed by atoms with Crippen molar-refractivity contribution in [2.75, 3.05) is 13.6 Å². The number of nitrogens with two attached hydrogens (primary N) is 1. The molecular weight excluding hydrogens is 226 g/mol. The number of carbonyl (C=O) groups is 1. The molecule has 1 amide bonds. The Kier molecular flexibility index (Phi) is 4.33. The van der Waals surface area contributed by atoms with Gasteiger partial charge in [-0.2, -0.15) is 0 Å². The maximum absolute atomic E-state index is 12.0. The van der Waals surface area contributed by atoms with Crippen LogP contribution in [0.2, 0.25) is 0 Å². The van der Waals surface area contributed by atoms with Crippen molar-refractivity contribution in [2.45, 2.75) is 32.0 Å². The van der Waals surface area contributed by atoms with E-state index in [1.54, 1.807) is 0 Å². The van der Waals surface area contributed by atoms with Gasteiger partial charge in [-0.3, -0.25) is 9.69 Å². The van der Waals surface area contributed by atoms with Crippen molar-refractivity contribution in [3.63, 3.8) is 0 Å². The average molecular weight is 247 g/mol. The predicted molar refractivity (Wildman–Crippen MR) is 71.8 cm³/mol. The van der Waals surface area contributed by atoms with Gasteiger partial charge < -0.3 is 11.1 Å². The third kappa shape index (κ3) is 3.09. The standard InChI is InChI=1S/C14H21N3O/c1-17-8-2-3-13(17)14(18)16-10-12-6-4-11(9-15)5-7-12/h4-7,13H,2-3,8-10,15H2,1H3,(H,16,18)/t13-/m0/s1.